The molecule has 0 atom stereocenters. The first kappa shape index (κ1) is 23.0. The molecular formula is C19H24N6O4S2. The number of thioether (sulfide) groups is 1. The minimum absolute atomic E-state index is 0.105. The molecule has 1 N–H and O–H groups in total. The predicted octanol–water partition coefficient (Wildman–Crippen LogP) is 2.54. The number of amides is 1. The van der Waals surface area contributed by atoms with Gasteiger partial charge in [-0.15, -0.1) is 10.2 Å². The van der Waals surface area contributed by atoms with Crippen molar-refractivity contribution in [3.05, 3.63) is 36.1 Å². The molecule has 1 amide bonds. The van der Waals surface area contributed by atoms with Gasteiger partial charge in [0.25, 0.3) is 0 Å². The van der Waals surface area contributed by atoms with E-state index in [1.807, 2.05) is 0 Å². The molecule has 0 fully saturated rings. The van der Waals surface area contributed by atoms with Gasteiger partial charge in [-0.05, 0) is 19.1 Å². The van der Waals surface area contributed by atoms with Gasteiger partial charge in [0.1, 0.15) is 5.76 Å². The predicted molar refractivity (Wildman–Crippen MR) is 117 cm³/mol. The fourth-order valence-electron chi connectivity index (χ4n) is 2.93. The smallest absolute Gasteiger partial charge is 0.243 e. The number of sulfonamides is 1. The van der Waals surface area contributed by atoms with Gasteiger partial charge in [0.2, 0.25) is 15.9 Å². The minimum Gasteiger partial charge on any atom is -0.360 e. The average molecular weight is 465 g/mol. The monoisotopic (exact) mass is 464 g/mol. The maximum atomic E-state index is 12.8. The molecule has 0 saturated carbocycles. The van der Waals surface area contributed by atoms with E-state index in [1.165, 1.54) is 16.1 Å². The Morgan fingerprint density at radius 1 is 1.23 bits per heavy atom. The summed E-state index contributed by atoms with van der Waals surface area (Å²) < 4.78 is 33.7. The summed E-state index contributed by atoms with van der Waals surface area (Å²) in [7, 11) is -1.82. The Balaban J connectivity index is 1.75. The summed E-state index contributed by atoms with van der Waals surface area (Å²) in [4.78, 5) is 12.3. The van der Waals surface area contributed by atoms with E-state index in [2.05, 4.69) is 20.7 Å². The zero-order valence-corrected chi connectivity index (χ0v) is 19.3. The molecule has 2 heterocycles. The summed E-state index contributed by atoms with van der Waals surface area (Å²) in [6.07, 6.45) is 0. The summed E-state index contributed by atoms with van der Waals surface area (Å²) in [6, 6.07) is 8.24. The average Bonchev–Trinajstić information content (AvgIpc) is 3.32. The molecule has 166 valence electrons. The summed E-state index contributed by atoms with van der Waals surface area (Å²) in [6.45, 7) is 6.13. The lowest BCUT2D eigenvalue weighted by Crippen LogP contribution is -2.30. The van der Waals surface area contributed by atoms with Crippen molar-refractivity contribution in [1.29, 1.82) is 0 Å². The third kappa shape index (κ3) is 5.14. The van der Waals surface area contributed by atoms with Crippen molar-refractivity contribution in [2.75, 3.05) is 24.2 Å². The zero-order chi connectivity index (χ0) is 22.6. The van der Waals surface area contributed by atoms with Crippen molar-refractivity contribution < 1.29 is 17.7 Å². The molecule has 0 aliphatic rings. The molecule has 0 unspecified atom stereocenters. The van der Waals surface area contributed by atoms with E-state index < -0.39 is 10.0 Å². The van der Waals surface area contributed by atoms with Crippen molar-refractivity contribution in [3.8, 4) is 11.4 Å². The van der Waals surface area contributed by atoms with Crippen LogP contribution in [0.4, 0.5) is 5.82 Å². The van der Waals surface area contributed by atoms with Crippen LogP contribution < -0.4 is 5.32 Å². The van der Waals surface area contributed by atoms with E-state index in [0.29, 0.717) is 41.2 Å². The SMILES string of the molecule is CCN(CC)S(=O)(=O)c1cccc(-c2nnc(SCC(=O)Nc3cc(C)on3)n2C)c1. The largest absolute Gasteiger partial charge is 0.360 e. The summed E-state index contributed by atoms with van der Waals surface area (Å²) in [5, 5.41) is 15.2. The molecule has 12 heteroatoms. The van der Waals surface area contributed by atoms with Crippen molar-refractivity contribution in [1.82, 2.24) is 24.2 Å². The quantitative estimate of drug-likeness (QED) is 0.479. The summed E-state index contributed by atoms with van der Waals surface area (Å²) in [5.74, 6) is 1.31. The van der Waals surface area contributed by atoms with Gasteiger partial charge < -0.3 is 14.4 Å². The normalized spacial score (nSPS) is 11.8. The fraction of sp³-hybridized carbons (Fsp3) is 0.368. The summed E-state index contributed by atoms with van der Waals surface area (Å²) >= 11 is 1.21. The number of hydrogen-bond acceptors (Lipinski definition) is 8. The first-order valence-electron chi connectivity index (χ1n) is 9.62. The highest BCUT2D eigenvalue weighted by molar-refractivity contribution is 7.99. The van der Waals surface area contributed by atoms with Crippen LogP contribution in [-0.4, -0.2) is 57.4 Å². The standard InChI is InChI=1S/C19H24N6O4S2/c1-5-25(6-2)31(27,28)15-9-7-8-14(11-15)18-21-22-19(24(18)4)30-12-17(26)20-16-10-13(3)29-23-16/h7-11H,5-6,12H2,1-4H3,(H,20,23,26). The first-order chi connectivity index (χ1) is 14.8. The van der Waals surface area contributed by atoms with Gasteiger partial charge in [-0.1, -0.05) is 42.9 Å². The van der Waals surface area contributed by atoms with Gasteiger partial charge in [-0.2, -0.15) is 4.31 Å². The molecule has 3 rings (SSSR count). The molecule has 10 nitrogen and oxygen atoms in total. The Labute approximate surface area is 185 Å². The molecule has 1 aromatic carbocycles. The van der Waals surface area contributed by atoms with E-state index in [-0.39, 0.29) is 16.6 Å². The van der Waals surface area contributed by atoms with Crippen molar-refractivity contribution in [3.63, 3.8) is 0 Å². The summed E-state index contributed by atoms with van der Waals surface area (Å²) in [5.41, 5.74) is 0.623. The van der Waals surface area contributed by atoms with Crippen LogP contribution in [0.2, 0.25) is 0 Å². The Kier molecular flexibility index (Phi) is 7.13. The second kappa shape index (κ2) is 9.62. The van der Waals surface area contributed by atoms with Crippen molar-refractivity contribution >= 4 is 33.5 Å². The van der Waals surface area contributed by atoms with E-state index >= 15 is 0 Å². The number of anilines is 1. The number of carbonyl (C=O) groups is 1. The number of rotatable bonds is 9. The molecular weight excluding hydrogens is 440 g/mol. The van der Waals surface area contributed by atoms with E-state index in [9.17, 15) is 13.2 Å². The van der Waals surface area contributed by atoms with Crippen LogP contribution >= 0.6 is 11.8 Å². The highest BCUT2D eigenvalue weighted by atomic mass is 32.2. The van der Waals surface area contributed by atoms with Gasteiger partial charge in [0.05, 0.1) is 10.6 Å². The Bertz CT molecular complexity index is 1170. The lowest BCUT2D eigenvalue weighted by Gasteiger charge is -2.18. The molecule has 2 aromatic heterocycles. The number of hydrogen-bond donors (Lipinski definition) is 1. The Hall–Kier alpha value is -2.70. The van der Waals surface area contributed by atoms with Crippen LogP contribution in [0.1, 0.15) is 19.6 Å². The van der Waals surface area contributed by atoms with Crippen LogP contribution in [0, 0.1) is 6.92 Å². The zero-order valence-electron chi connectivity index (χ0n) is 17.7. The van der Waals surface area contributed by atoms with Gasteiger partial charge >= 0.3 is 0 Å². The van der Waals surface area contributed by atoms with Crippen molar-refractivity contribution in [2.45, 2.75) is 30.8 Å². The van der Waals surface area contributed by atoms with Crippen LogP contribution in [0.5, 0.6) is 0 Å². The van der Waals surface area contributed by atoms with Gasteiger partial charge in [-0.25, -0.2) is 8.42 Å². The van der Waals surface area contributed by atoms with Crippen molar-refractivity contribution in [2.24, 2.45) is 7.05 Å². The molecule has 0 aliphatic carbocycles. The second-order valence-corrected chi connectivity index (χ2v) is 9.52. The van der Waals surface area contributed by atoms with Gasteiger partial charge in [-0.3, -0.25) is 4.79 Å². The number of aromatic nitrogens is 4. The minimum atomic E-state index is -3.58. The molecule has 0 aliphatic heterocycles. The van der Waals surface area contributed by atoms with Gasteiger partial charge in [0.15, 0.2) is 16.8 Å². The second-order valence-electron chi connectivity index (χ2n) is 6.64. The number of benzene rings is 1. The van der Waals surface area contributed by atoms with Crippen LogP contribution in [-0.2, 0) is 21.9 Å². The molecule has 0 spiro atoms. The van der Waals surface area contributed by atoms with Crippen LogP contribution in [0.25, 0.3) is 11.4 Å². The number of nitrogens with zero attached hydrogens (tertiary/aromatic N) is 5. The highest BCUT2D eigenvalue weighted by Gasteiger charge is 2.23. The maximum Gasteiger partial charge on any atom is 0.243 e. The Morgan fingerprint density at radius 2 is 1.97 bits per heavy atom. The third-order valence-electron chi connectivity index (χ3n) is 4.50. The molecule has 0 radical (unpaired) electrons. The Morgan fingerprint density at radius 3 is 2.61 bits per heavy atom. The van der Waals surface area contributed by atoms with E-state index in [0.717, 1.165) is 0 Å². The topological polar surface area (TPSA) is 123 Å². The lowest BCUT2D eigenvalue weighted by atomic mass is 10.2. The third-order valence-corrected chi connectivity index (χ3v) is 7.56. The first-order valence-corrected chi connectivity index (χ1v) is 12.0. The number of nitrogens with one attached hydrogen (secondary N) is 1. The highest BCUT2D eigenvalue weighted by Crippen LogP contribution is 2.26. The molecule has 0 saturated heterocycles. The molecule has 31 heavy (non-hydrogen) atoms. The van der Waals surface area contributed by atoms with E-state index in [1.54, 1.807) is 62.7 Å². The lowest BCUT2D eigenvalue weighted by molar-refractivity contribution is -0.113. The molecule has 3 aromatic rings. The number of carbonyl (C=O) groups excluding carboxylic acids is 1. The maximum absolute atomic E-state index is 12.8. The van der Waals surface area contributed by atoms with Crippen LogP contribution in [0.3, 0.4) is 0 Å². The molecule has 0 bridgehead atoms. The fourth-order valence-corrected chi connectivity index (χ4v) is 5.15. The van der Waals surface area contributed by atoms with E-state index in [4.69, 9.17) is 4.52 Å². The number of aryl methyl sites for hydroxylation is 1. The van der Waals surface area contributed by atoms with Crippen LogP contribution in [0.15, 0.2) is 44.9 Å². The van der Waals surface area contributed by atoms with Gasteiger partial charge in [0, 0.05) is 31.8 Å².